The van der Waals surface area contributed by atoms with Gasteiger partial charge in [-0.25, -0.2) is 0 Å². The molecule has 1 aliphatic rings. The maximum atomic E-state index is 13.3. The minimum Gasteiger partial charge on any atom is -0.369 e. The van der Waals surface area contributed by atoms with Crippen LogP contribution in [0.15, 0.2) is 23.0 Å². The van der Waals surface area contributed by atoms with Crippen LogP contribution in [-0.2, 0) is 12.6 Å². The smallest absolute Gasteiger partial charge is 0.369 e. The lowest BCUT2D eigenvalue weighted by Crippen LogP contribution is -2.37. The first-order chi connectivity index (χ1) is 10.8. The molecule has 0 radical (unpaired) electrons. The van der Waals surface area contributed by atoms with Gasteiger partial charge in [0.1, 0.15) is 0 Å². The molecule has 2 heterocycles. The summed E-state index contributed by atoms with van der Waals surface area (Å²) in [5, 5.41) is 0.0612. The van der Waals surface area contributed by atoms with Crippen LogP contribution in [0.5, 0.6) is 0 Å². The Morgan fingerprint density at radius 1 is 1.30 bits per heavy atom. The quantitative estimate of drug-likeness (QED) is 0.903. The Balaban J connectivity index is 2.28. The lowest BCUT2D eigenvalue weighted by Gasteiger charge is -2.37. The zero-order chi connectivity index (χ0) is 16.8. The number of alkyl halides is 3. The molecular formula is C17H19F3N2O. The van der Waals surface area contributed by atoms with Gasteiger partial charge in [-0.3, -0.25) is 4.79 Å². The number of aromatic amines is 1. The van der Waals surface area contributed by atoms with Crippen LogP contribution in [-0.4, -0.2) is 17.6 Å². The van der Waals surface area contributed by atoms with Gasteiger partial charge in [0.25, 0.3) is 0 Å². The van der Waals surface area contributed by atoms with Gasteiger partial charge in [0, 0.05) is 35.2 Å². The fourth-order valence-electron chi connectivity index (χ4n) is 3.38. The Morgan fingerprint density at radius 3 is 2.70 bits per heavy atom. The number of anilines is 1. The SMILES string of the molecule is CCCN1c2cc3c(C(F)(F)F)cc(=O)[nH]c3cc2CCC1C. The van der Waals surface area contributed by atoms with Gasteiger partial charge >= 0.3 is 6.18 Å². The van der Waals surface area contributed by atoms with Crippen LogP contribution in [0.1, 0.15) is 37.8 Å². The van der Waals surface area contributed by atoms with Crippen LogP contribution < -0.4 is 10.5 Å². The van der Waals surface area contributed by atoms with E-state index < -0.39 is 17.3 Å². The van der Waals surface area contributed by atoms with Gasteiger partial charge in [-0.05, 0) is 43.9 Å². The monoisotopic (exact) mass is 324 g/mol. The van der Waals surface area contributed by atoms with Crippen molar-refractivity contribution in [3.63, 3.8) is 0 Å². The maximum Gasteiger partial charge on any atom is 0.417 e. The summed E-state index contributed by atoms with van der Waals surface area (Å²) >= 11 is 0. The number of pyridine rings is 1. The van der Waals surface area contributed by atoms with E-state index in [0.717, 1.165) is 37.1 Å². The van der Waals surface area contributed by atoms with Crippen LogP contribution in [0.4, 0.5) is 18.9 Å². The number of nitrogens with zero attached hydrogens (tertiary/aromatic N) is 1. The summed E-state index contributed by atoms with van der Waals surface area (Å²) in [5.74, 6) is 0. The fourth-order valence-corrected chi connectivity index (χ4v) is 3.38. The third-order valence-electron chi connectivity index (χ3n) is 4.49. The number of hydrogen-bond acceptors (Lipinski definition) is 2. The van der Waals surface area contributed by atoms with Crippen LogP contribution in [0.25, 0.3) is 10.9 Å². The molecule has 1 aliphatic heterocycles. The number of benzene rings is 1. The lowest BCUT2D eigenvalue weighted by atomic mass is 9.93. The van der Waals surface area contributed by atoms with Crippen LogP contribution in [0.3, 0.4) is 0 Å². The second-order valence-electron chi connectivity index (χ2n) is 6.15. The maximum absolute atomic E-state index is 13.3. The number of halogens is 3. The summed E-state index contributed by atoms with van der Waals surface area (Å²) in [5.41, 5.74) is 0.525. The molecule has 0 spiro atoms. The number of rotatable bonds is 2. The number of fused-ring (bicyclic) bond motifs is 2. The molecule has 124 valence electrons. The van der Waals surface area contributed by atoms with Crippen molar-refractivity contribution < 1.29 is 13.2 Å². The zero-order valence-electron chi connectivity index (χ0n) is 13.1. The average molecular weight is 324 g/mol. The highest BCUT2D eigenvalue weighted by Gasteiger charge is 2.34. The van der Waals surface area contributed by atoms with Crippen molar-refractivity contribution in [1.82, 2.24) is 4.98 Å². The van der Waals surface area contributed by atoms with Crippen LogP contribution in [0, 0.1) is 0 Å². The van der Waals surface area contributed by atoms with E-state index in [4.69, 9.17) is 0 Å². The molecule has 3 rings (SSSR count). The molecule has 0 saturated heterocycles. The summed E-state index contributed by atoms with van der Waals surface area (Å²) in [6.45, 7) is 4.96. The molecular weight excluding hydrogens is 305 g/mol. The van der Waals surface area contributed by atoms with E-state index in [9.17, 15) is 18.0 Å². The van der Waals surface area contributed by atoms with Gasteiger partial charge in [-0.15, -0.1) is 0 Å². The van der Waals surface area contributed by atoms with E-state index in [1.54, 1.807) is 12.1 Å². The molecule has 1 aromatic carbocycles. The number of nitrogens with one attached hydrogen (secondary N) is 1. The Kier molecular flexibility index (Phi) is 3.86. The van der Waals surface area contributed by atoms with Crippen molar-refractivity contribution in [3.8, 4) is 0 Å². The first-order valence-electron chi connectivity index (χ1n) is 7.85. The third-order valence-corrected chi connectivity index (χ3v) is 4.49. The highest BCUT2D eigenvalue weighted by atomic mass is 19.4. The predicted molar refractivity (Wildman–Crippen MR) is 85.0 cm³/mol. The predicted octanol–water partition coefficient (Wildman–Crippen LogP) is 4.10. The Hall–Kier alpha value is -1.98. The summed E-state index contributed by atoms with van der Waals surface area (Å²) in [6, 6.07) is 4.24. The van der Waals surface area contributed by atoms with E-state index in [0.29, 0.717) is 12.1 Å². The van der Waals surface area contributed by atoms with Gasteiger partial charge in [-0.1, -0.05) is 6.92 Å². The molecule has 3 nitrogen and oxygen atoms in total. The molecule has 0 amide bonds. The second kappa shape index (κ2) is 5.58. The Bertz CT molecular complexity index is 795. The Labute approximate surface area is 132 Å². The topological polar surface area (TPSA) is 36.1 Å². The van der Waals surface area contributed by atoms with E-state index >= 15 is 0 Å². The first-order valence-corrected chi connectivity index (χ1v) is 7.85. The molecule has 1 unspecified atom stereocenters. The van der Waals surface area contributed by atoms with Crippen LogP contribution >= 0.6 is 0 Å². The normalized spacial score (nSPS) is 18.3. The number of hydrogen-bond donors (Lipinski definition) is 1. The second-order valence-corrected chi connectivity index (χ2v) is 6.15. The van der Waals surface area contributed by atoms with Crippen molar-refractivity contribution in [2.45, 2.75) is 45.3 Å². The Morgan fingerprint density at radius 2 is 2.04 bits per heavy atom. The van der Waals surface area contributed by atoms with Crippen molar-refractivity contribution in [2.24, 2.45) is 0 Å². The van der Waals surface area contributed by atoms with Gasteiger partial charge in [0.05, 0.1) is 5.56 Å². The van der Waals surface area contributed by atoms with E-state index in [1.165, 1.54) is 0 Å². The number of aromatic nitrogens is 1. The van der Waals surface area contributed by atoms with E-state index in [-0.39, 0.29) is 10.9 Å². The molecule has 1 aromatic heterocycles. The summed E-state index contributed by atoms with van der Waals surface area (Å²) in [7, 11) is 0. The summed E-state index contributed by atoms with van der Waals surface area (Å²) in [6.07, 6.45) is -1.84. The highest BCUT2D eigenvalue weighted by Crippen LogP contribution is 2.38. The summed E-state index contributed by atoms with van der Waals surface area (Å²) < 4.78 is 39.9. The minimum atomic E-state index is -4.55. The summed E-state index contributed by atoms with van der Waals surface area (Å²) in [4.78, 5) is 16.3. The molecule has 0 saturated carbocycles. The molecule has 0 bridgehead atoms. The van der Waals surface area contributed by atoms with Crippen LogP contribution in [0.2, 0.25) is 0 Å². The molecule has 2 aromatic rings. The molecule has 1 atom stereocenters. The molecule has 1 N–H and O–H groups in total. The fraction of sp³-hybridized carbons (Fsp3) is 0.471. The van der Waals surface area contributed by atoms with E-state index in [1.807, 2.05) is 0 Å². The lowest BCUT2D eigenvalue weighted by molar-refractivity contribution is -0.136. The van der Waals surface area contributed by atoms with E-state index in [2.05, 4.69) is 23.7 Å². The standard InChI is InChI=1S/C17H19F3N2O/c1-3-6-22-10(2)4-5-11-7-14-12(8-15(11)22)13(17(18,19)20)9-16(23)21-14/h7-10H,3-6H2,1-2H3,(H,21,23). The first kappa shape index (κ1) is 15.9. The minimum absolute atomic E-state index is 0.0612. The van der Waals surface area contributed by atoms with Crippen molar-refractivity contribution in [1.29, 1.82) is 0 Å². The number of H-pyrrole nitrogens is 1. The number of aryl methyl sites for hydroxylation is 1. The molecule has 6 heteroatoms. The average Bonchev–Trinajstić information content (AvgIpc) is 2.47. The van der Waals surface area contributed by atoms with Gasteiger partial charge < -0.3 is 9.88 Å². The van der Waals surface area contributed by atoms with Gasteiger partial charge in [-0.2, -0.15) is 13.2 Å². The molecule has 23 heavy (non-hydrogen) atoms. The van der Waals surface area contributed by atoms with Gasteiger partial charge in [0.2, 0.25) is 5.56 Å². The van der Waals surface area contributed by atoms with Crippen molar-refractivity contribution in [3.05, 3.63) is 39.7 Å². The molecule has 0 fully saturated rings. The molecule has 0 aliphatic carbocycles. The highest BCUT2D eigenvalue weighted by molar-refractivity contribution is 5.88. The zero-order valence-corrected chi connectivity index (χ0v) is 13.1. The largest absolute Gasteiger partial charge is 0.417 e. The van der Waals surface area contributed by atoms with Gasteiger partial charge in [0.15, 0.2) is 0 Å². The third kappa shape index (κ3) is 2.82. The van der Waals surface area contributed by atoms with Crippen molar-refractivity contribution >= 4 is 16.6 Å². The van der Waals surface area contributed by atoms with Crippen molar-refractivity contribution in [2.75, 3.05) is 11.4 Å².